The number of piperidine rings is 1. The van der Waals surface area contributed by atoms with Crippen molar-refractivity contribution < 1.29 is 26.3 Å². The second-order valence-corrected chi connectivity index (χ2v) is 10.8. The van der Waals surface area contributed by atoms with Gasteiger partial charge in [0.1, 0.15) is 16.4 Å². The van der Waals surface area contributed by atoms with Gasteiger partial charge in [0, 0.05) is 24.8 Å². The van der Waals surface area contributed by atoms with Crippen LogP contribution in [-0.4, -0.2) is 48.4 Å². The minimum atomic E-state index is -3.95. The molecule has 0 amide bonds. The third kappa shape index (κ3) is 4.71. The Morgan fingerprint density at radius 3 is 2.30 bits per heavy atom. The van der Waals surface area contributed by atoms with Crippen LogP contribution in [0.2, 0.25) is 0 Å². The Labute approximate surface area is 177 Å². The Kier molecular flexibility index (Phi) is 6.59. The molecule has 0 bridgehead atoms. The molecule has 0 radical (unpaired) electrons. The van der Waals surface area contributed by atoms with E-state index >= 15 is 0 Å². The SMILES string of the molecule is COc1ccc(S(=O)(=O)Nc2ccc(S(=O)(=O)N3CCC[C@H](C)C3)cc2)c(OC)c1. The maximum atomic E-state index is 12.9. The molecule has 164 valence electrons. The third-order valence-corrected chi connectivity index (χ3v) is 8.32. The second kappa shape index (κ2) is 8.83. The molecule has 0 aromatic heterocycles. The molecule has 2 aromatic rings. The number of rotatable bonds is 7. The van der Waals surface area contributed by atoms with Crippen molar-refractivity contribution in [3.8, 4) is 11.5 Å². The molecule has 10 heteroatoms. The average molecular weight is 455 g/mol. The summed E-state index contributed by atoms with van der Waals surface area (Å²) in [5, 5.41) is 0. The molecule has 0 unspecified atom stereocenters. The number of hydrogen-bond donors (Lipinski definition) is 1. The maximum Gasteiger partial charge on any atom is 0.265 e. The standard InChI is InChI=1S/C20H26N2O6S2/c1-15-5-4-12-22(14-15)30(25,26)18-9-6-16(7-10-18)21-29(23,24)20-11-8-17(27-2)13-19(20)28-3/h6-11,13,15,21H,4-5,12,14H2,1-3H3/t15-/m0/s1. The molecule has 1 aliphatic heterocycles. The number of hydrogen-bond acceptors (Lipinski definition) is 6. The minimum absolute atomic E-state index is 0.0511. The zero-order valence-corrected chi connectivity index (χ0v) is 18.8. The molecule has 1 saturated heterocycles. The van der Waals surface area contributed by atoms with Crippen molar-refractivity contribution in [3.05, 3.63) is 42.5 Å². The highest BCUT2D eigenvalue weighted by Crippen LogP contribution is 2.30. The largest absolute Gasteiger partial charge is 0.497 e. The lowest BCUT2D eigenvalue weighted by Crippen LogP contribution is -2.39. The molecule has 1 N–H and O–H groups in total. The first-order valence-electron chi connectivity index (χ1n) is 9.52. The summed E-state index contributed by atoms with van der Waals surface area (Å²) in [6, 6.07) is 10.1. The molecule has 3 rings (SSSR count). The Hall–Kier alpha value is -2.30. The fourth-order valence-corrected chi connectivity index (χ4v) is 6.22. The molecule has 8 nitrogen and oxygen atoms in total. The van der Waals surface area contributed by atoms with Gasteiger partial charge in [0.15, 0.2) is 0 Å². The Balaban J connectivity index is 1.82. The topological polar surface area (TPSA) is 102 Å². The summed E-state index contributed by atoms with van der Waals surface area (Å²) in [6.07, 6.45) is 1.85. The van der Waals surface area contributed by atoms with Crippen molar-refractivity contribution in [2.45, 2.75) is 29.6 Å². The number of nitrogens with zero attached hydrogens (tertiary/aromatic N) is 1. The predicted molar refractivity (Wildman–Crippen MR) is 114 cm³/mol. The van der Waals surface area contributed by atoms with Crippen LogP contribution in [0.1, 0.15) is 19.8 Å². The van der Waals surface area contributed by atoms with Gasteiger partial charge in [0.2, 0.25) is 10.0 Å². The Bertz CT molecular complexity index is 1100. The van der Waals surface area contributed by atoms with E-state index in [9.17, 15) is 16.8 Å². The van der Waals surface area contributed by atoms with Crippen LogP contribution in [0.5, 0.6) is 11.5 Å². The summed E-state index contributed by atoms with van der Waals surface area (Å²) >= 11 is 0. The van der Waals surface area contributed by atoms with E-state index in [-0.39, 0.29) is 21.2 Å². The molecule has 1 heterocycles. The van der Waals surface area contributed by atoms with Crippen molar-refractivity contribution in [2.24, 2.45) is 5.92 Å². The molecular formula is C20H26N2O6S2. The van der Waals surface area contributed by atoms with E-state index in [0.717, 1.165) is 12.8 Å². The number of ether oxygens (including phenoxy) is 2. The first-order chi connectivity index (χ1) is 14.2. The van der Waals surface area contributed by atoms with Gasteiger partial charge in [-0.15, -0.1) is 0 Å². The van der Waals surface area contributed by atoms with Crippen molar-refractivity contribution >= 4 is 25.7 Å². The predicted octanol–water partition coefficient (Wildman–Crippen LogP) is 2.93. The Morgan fingerprint density at radius 2 is 1.70 bits per heavy atom. The molecule has 1 aliphatic rings. The number of methoxy groups -OCH3 is 2. The lowest BCUT2D eigenvalue weighted by molar-refractivity contribution is 0.281. The first kappa shape index (κ1) is 22.4. The second-order valence-electron chi connectivity index (χ2n) is 7.26. The maximum absolute atomic E-state index is 12.9. The quantitative estimate of drug-likeness (QED) is 0.690. The van der Waals surface area contributed by atoms with E-state index in [0.29, 0.717) is 24.8 Å². The van der Waals surface area contributed by atoms with E-state index in [1.54, 1.807) is 0 Å². The number of anilines is 1. The van der Waals surface area contributed by atoms with Crippen LogP contribution in [0.3, 0.4) is 0 Å². The lowest BCUT2D eigenvalue weighted by Gasteiger charge is -2.30. The van der Waals surface area contributed by atoms with E-state index in [4.69, 9.17) is 9.47 Å². The summed E-state index contributed by atoms with van der Waals surface area (Å²) < 4.78 is 65.5. The summed E-state index contributed by atoms with van der Waals surface area (Å²) in [6.45, 7) is 3.03. The van der Waals surface area contributed by atoms with E-state index in [1.807, 2.05) is 6.92 Å². The van der Waals surface area contributed by atoms with Crippen molar-refractivity contribution in [3.63, 3.8) is 0 Å². The van der Waals surface area contributed by atoms with Gasteiger partial charge in [-0.05, 0) is 55.2 Å². The smallest absolute Gasteiger partial charge is 0.265 e. The zero-order chi connectivity index (χ0) is 21.9. The van der Waals surface area contributed by atoms with Crippen molar-refractivity contribution in [1.29, 1.82) is 0 Å². The molecule has 0 saturated carbocycles. The third-order valence-electron chi connectivity index (χ3n) is 5.02. The monoisotopic (exact) mass is 454 g/mol. The summed E-state index contributed by atoms with van der Waals surface area (Å²) in [5.74, 6) is 0.923. The summed E-state index contributed by atoms with van der Waals surface area (Å²) in [7, 11) is -4.71. The van der Waals surface area contributed by atoms with Gasteiger partial charge in [-0.2, -0.15) is 4.31 Å². The highest BCUT2D eigenvalue weighted by molar-refractivity contribution is 7.92. The van der Waals surface area contributed by atoms with Gasteiger partial charge in [-0.1, -0.05) is 6.92 Å². The van der Waals surface area contributed by atoms with Crippen LogP contribution in [0, 0.1) is 5.92 Å². The normalized spacial score (nSPS) is 18.0. The van der Waals surface area contributed by atoms with Crippen LogP contribution >= 0.6 is 0 Å². The highest BCUT2D eigenvalue weighted by Gasteiger charge is 2.28. The van der Waals surface area contributed by atoms with Gasteiger partial charge in [0.05, 0.1) is 19.1 Å². The van der Waals surface area contributed by atoms with Crippen LogP contribution in [0.15, 0.2) is 52.3 Å². The highest BCUT2D eigenvalue weighted by atomic mass is 32.2. The van der Waals surface area contributed by atoms with Crippen molar-refractivity contribution in [2.75, 3.05) is 32.0 Å². The average Bonchev–Trinajstić information content (AvgIpc) is 2.73. The van der Waals surface area contributed by atoms with Gasteiger partial charge >= 0.3 is 0 Å². The lowest BCUT2D eigenvalue weighted by atomic mass is 10.0. The molecular weight excluding hydrogens is 428 g/mol. The summed E-state index contributed by atoms with van der Waals surface area (Å²) in [4.78, 5) is 0.0892. The van der Waals surface area contributed by atoms with Gasteiger partial charge in [-0.25, -0.2) is 16.8 Å². The summed E-state index contributed by atoms with van der Waals surface area (Å²) in [5.41, 5.74) is 0.249. The molecule has 0 spiro atoms. The fraction of sp³-hybridized carbons (Fsp3) is 0.400. The Morgan fingerprint density at radius 1 is 1.00 bits per heavy atom. The molecule has 1 fully saturated rings. The minimum Gasteiger partial charge on any atom is -0.497 e. The molecule has 0 aliphatic carbocycles. The van der Waals surface area contributed by atoms with Crippen LogP contribution < -0.4 is 14.2 Å². The fourth-order valence-electron chi connectivity index (χ4n) is 3.42. The van der Waals surface area contributed by atoms with E-state index in [2.05, 4.69) is 4.72 Å². The van der Waals surface area contributed by atoms with Gasteiger partial charge < -0.3 is 9.47 Å². The van der Waals surface area contributed by atoms with Crippen LogP contribution in [0.25, 0.3) is 0 Å². The number of benzene rings is 2. The number of sulfonamides is 2. The molecule has 1 atom stereocenters. The van der Waals surface area contributed by atoms with Crippen LogP contribution in [-0.2, 0) is 20.0 Å². The van der Waals surface area contributed by atoms with E-state index < -0.39 is 20.0 Å². The van der Waals surface area contributed by atoms with Crippen molar-refractivity contribution in [1.82, 2.24) is 4.31 Å². The van der Waals surface area contributed by atoms with Gasteiger partial charge in [0.25, 0.3) is 10.0 Å². The van der Waals surface area contributed by atoms with Crippen LogP contribution in [0.4, 0.5) is 5.69 Å². The molecule has 30 heavy (non-hydrogen) atoms. The zero-order valence-electron chi connectivity index (χ0n) is 17.2. The van der Waals surface area contributed by atoms with E-state index in [1.165, 1.54) is 61.0 Å². The first-order valence-corrected chi connectivity index (χ1v) is 12.4. The van der Waals surface area contributed by atoms with Gasteiger partial charge in [-0.3, -0.25) is 4.72 Å². The molecule has 2 aromatic carbocycles. The number of nitrogens with one attached hydrogen (secondary N) is 1.